The maximum absolute atomic E-state index is 13.1. The van der Waals surface area contributed by atoms with Crippen LogP contribution in [0.25, 0.3) is 0 Å². The summed E-state index contributed by atoms with van der Waals surface area (Å²) < 4.78 is 22.7. The Bertz CT molecular complexity index is 1060. The van der Waals surface area contributed by atoms with Gasteiger partial charge in [-0.2, -0.15) is 0 Å². The van der Waals surface area contributed by atoms with Crippen molar-refractivity contribution in [1.29, 1.82) is 0 Å². The van der Waals surface area contributed by atoms with Crippen molar-refractivity contribution in [2.75, 3.05) is 19.8 Å². The number of carbonyl (C=O) groups is 1. The van der Waals surface area contributed by atoms with Crippen LogP contribution in [0.5, 0.6) is 0 Å². The largest absolute Gasteiger partial charge is 0.394 e. The van der Waals surface area contributed by atoms with Gasteiger partial charge in [-0.15, -0.1) is 0 Å². The van der Waals surface area contributed by atoms with E-state index in [4.69, 9.17) is 18.9 Å². The first-order valence-electron chi connectivity index (χ1n) is 25.3. The molecule has 62 heavy (non-hydrogen) atoms. The summed E-state index contributed by atoms with van der Waals surface area (Å²) in [7, 11) is 0. The molecule has 2 aliphatic heterocycles. The summed E-state index contributed by atoms with van der Waals surface area (Å²) in [4.78, 5) is 13.1. The standard InChI is InChI=1S/C48H93NO13/c1-3-5-7-9-11-13-14-15-16-17-18-19-20-21-22-24-26-28-30-32-40(53)49-36(37(52)31-29-27-25-23-12-10-8-6-4-2)35-59-47-45(58)43(56)46(39(34-51)61-47)62-48-44(57)42(55)41(54)38(33-50)60-48/h36-39,41-48,50-52,54-58H,3-35H2,1-2H3,(H,49,53)/t36-,37+,38+,39+,41-,42?,43?,44?,45?,46+,47+,48-/m0/s1. The summed E-state index contributed by atoms with van der Waals surface area (Å²) in [5.41, 5.74) is 0. The molecule has 0 saturated carbocycles. The van der Waals surface area contributed by atoms with Crippen molar-refractivity contribution in [3.63, 3.8) is 0 Å². The highest BCUT2D eigenvalue weighted by Gasteiger charge is 2.51. The average Bonchev–Trinajstić information content (AvgIpc) is 3.27. The molecular formula is C48H93NO13. The van der Waals surface area contributed by atoms with Crippen molar-refractivity contribution >= 4 is 5.91 Å². The van der Waals surface area contributed by atoms with E-state index < -0.39 is 86.8 Å². The van der Waals surface area contributed by atoms with Crippen LogP contribution in [0.1, 0.15) is 206 Å². The SMILES string of the molecule is CCCCCCCCCCCCCCCCCCCCCC(=O)N[C@@H](CO[C@@H]1O[C@H](CO)[C@@H](O[C@@H]2O[C@H](CO)[C@H](O)C(O)C2O)C(O)C1O)[C@H](O)CCCCCCCCCCC. The first-order chi connectivity index (χ1) is 30.1. The van der Waals surface area contributed by atoms with Crippen LogP contribution < -0.4 is 5.32 Å². The minimum Gasteiger partial charge on any atom is -0.394 e. The van der Waals surface area contributed by atoms with Crippen molar-refractivity contribution in [3.8, 4) is 0 Å². The van der Waals surface area contributed by atoms with E-state index in [0.717, 1.165) is 51.4 Å². The molecule has 2 saturated heterocycles. The van der Waals surface area contributed by atoms with Gasteiger partial charge in [0.2, 0.25) is 5.91 Å². The van der Waals surface area contributed by atoms with Gasteiger partial charge in [-0.3, -0.25) is 4.79 Å². The second-order valence-electron chi connectivity index (χ2n) is 18.3. The summed E-state index contributed by atoms with van der Waals surface area (Å²) >= 11 is 0. The van der Waals surface area contributed by atoms with Gasteiger partial charge in [-0.05, 0) is 12.8 Å². The van der Waals surface area contributed by atoms with E-state index >= 15 is 0 Å². The third-order valence-electron chi connectivity index (χ3n) is 12.8. The number of aliphatic hydroxyl groups is 8. The number of carbonyl (C=O) groups excluding carboxylic acids is 1. The molecule has 0 bridgehead atoms. The van der Waals surface area contributed by atoms with E-state index in [1.807, 2.05) is 0 Å². The van der Waals surface area contributed by atoms with Gasteiger partial charge in [-0.1, -0.05) is 187 Å². The highest BCUT2D eigenvalue weighted by molar-refractivity contribution is 5.76. The number of amides is 1. The lowest BCUT2D eigenvalue weighted by molar-refractivity contribution is -0.359. The van der Waals surface area contributed by atoms with Crippen molar-refractivity contribution < 1.29 is 64.6 Å². The predicted octanol–water partition coefficient (Wildman–Crippen LogP) is 6.22. The lowest BCUT2D eigenvalue weighted by Gasteiger charge is -2.46. The summed E-state index contributed by atoms with van der Waals surface area (Å²) in [6, 6.07) is -0.819. The molecule has 0 radical (unpaired) electrons. The second kappa shape index (κ2) is 36.2. The maximum atomic E-state index is 13.1. The van der Waals surface area contributed by atoms with Gasteiger partial charge in [-0.25, -0.2) is 0 Å². The van der Waals surface area contributed by atoms with E-state index in [1.165, 1.54) is 128 Å². The first-order valence-corrected chi connectivity index (χ1v) is 25.3. The molecule has 0 spiro atoms. The van der Waals surface area contributed by atoms with E-state index in [0.29, 0.717) is 12.8 Å². The smallest absolute Gasteiger partial charge is 0.220 e. The summed E-state index contributed by atoms with van der Waals surface area (Å²) in [5.74, 6) is -0.205. The minimum atomic E-state index is -1.78. The van der Waals surface area contributed by atoms with Crippen molar-refractivity contribution in [3.05, 3.63) is 0 Å². The normalized spacial score (nSPS) is 27.6. The molecule has 0 aromatic rings. The topological polar surface area (TPSA) is 228 Å². The molecule has 9 N–H and O–H groups in total. The van der Waals surface area contributed by atoms with E-state index in [2.05, 4.69) is 19.2 Å². The molecule has 0 aromatic heterocycles. The van der Waals surface area contributed by atoms with Crippen LogP contribution >= 0.6 is 0 Å². The Morgan fingerprint density at radius 3 is 1.37 bits per heavy atom. The number of hydrogen-bond donors (Lipinski definition) is 9. The van der Waals surface area contributed by atoms with Crippen LogP contribution in [-0.4, -0.2) is 140 Å². The highest BCUT2D eigenvalue weighted by Crippen LogP contribution is 2.30. The van der Waals surface area contributed by atoms with E-state index in [-0.39, 0.29) is 12.5 Å². The number of rotatable bonds is 39. The summed E-state index contributed by atoms with van der Waals surface area (Å²) in [6.07, 6.45) is 18.4. The number of aliphatic hydroxyl groups excluding tert-OH is 8. The van der Waals surface area contributed by atoms with Crippen LogP contribution in [0.3, 0.4) is 0 Å². The average molecular weight is 892 g/mol. The molecule has 368 valence electrons. The third kappa shape index (κ3) is 23.4. The lowest BCUT2D eigenvalue weighted by atomic mass is 9.97. The second-order valence-corrected chi connectivity index (χ2v) is 18.3. The van der Waals surface area contributed by atoms with Crippen LogP contribution in [0.2, 0.25) is 0 Å². The summed E-state index contributed by atoms with van der Waals surface area (Å²) in [5, 5.41) is 86.7. The number of hydrogen-bond acceptors (Lipinski definition) is 13. The van der Waals surface area contributed by atoms with Gasteiger partial charge in [0.1, 0.15) is 48.8 Å². The number of nitrogens with one attached hydrogen (secondary N) is 1. The fourth-order valence-electron chi connectivity index (χ4n) is 8.65. The Hall–Kier alpha value is -1.01. The third-order valence-corrected chi connectivity index (χ3v) is 12.8. The molecule has 12 atom stereocenters. The van der Waals surface area contributed by atoms with Crippen molar-refractivity contribution in [2.45, 2.75) is 280 Å². The van der Waals surface area contributed by atoms with Crippen LogP contribution in [-0.2, 0) is 23.7 Å². The molecule has 4 unspecified atom stereocenters. The predicted molar refractivity (Wildman–Crippen MR) is 240 cm³/mol. The Morgan fingerprint density at radius 1 is 0.516 bits per heavy atom. The van der Waals surface area contributed by atoms with Crippen LogP contribution in [0.4, 0.5) is 0 Å². The molecule has 2 fully saturated rings. The lowest BCUT2D eigenvalue weighted by Crippen LogP contribution is -2.65. The van der Waals surface area contributed by atoms with Crippen LogP contribution in [0.15, 0.2) is 0 Å². The molecular weight excluding hydrogens is 799 g/mol. The Kier molecular flexibility index (Phi) is 33.3. The highest BCUT2D eigenvalue weighted by atomic mass is 16.7. The van der Waals surface area contributed by atoms with Gasteiger partial charge in [0, 0.05) is 6.42 Å². The number of ether oxygens (including phenoxy) is 4. The zero-order valence-corrected chi connectivity index (χ0v) is 38.9. The van der Waals surface area contributed by atoms with E-state index in [1.54, 1.807) is 0 Å². The van der Waals surface area contributed by atoms with Gasteiger partial charge >= 0.3 is 0 Å². The van der Waals surface area contributed by atoms with Gasteiger partial charge < -0.3 is 65.1 Å². The molecule has 2 aliphatic rings. The Balaban J connectivity index is 1.78. The minimum absolute atomic E-state index is 0.205. The molecule has 2 rings (SSSR count). The van der Waals surface area contributed by atoms with Gasteiger partial charge in [0.25, 0.3) is 0 Å². The van der Waals surface area contributed by atoms with E-state index in [9.17, 15) is 45.6 Å². The zero-order chi connectivity index (χ0) is 45.4. The Labute approximate surface area is 374 Å². The monoisotopic (exact) mass is 892 g/mol. The summed E-state index contributed by atoms with van der Waals surface area (Å²) in [6.45, 7) is 2.83. The first kappa shape index (κ1) is 57.1. The quantitative estimate of drug-likeness (QED) is 0.0313. The number of unbranched alkanes of at least 4 members (excludes halogenated alkanes) is 26. The van der Waals surface area contributed by atoms with Gasteiger partial charge in [0.05, 0.1) is 32.0 Å². The van der Waals surface area contributed by atoms with Gasteiger partial charge in [0.15, 0.2) is 12.6 Å². The Morgan fingerprint density at radius 2 is 0.919 bits per heavy atom. The molecule has 0 aromatic carbocycles. The maximum Gasteiger partial charge on any atom is 0.220 e. The molecule has 2 heterocycles. The van der Waals surface area contributed by atoms with Crippen molar-refractivity contribution in [2.24, 2.45) is 0 Å². The fourth-order valence-corrected chi connectivity index (χ4v) is 8.65. The zero-order valence-electron chi connectivity index (χ0n) is 38.9. The molecule has 14 heteroatoms. The van der Waals surface area contributed by atoms with Crippen LogP contribution in [0, 0.1) is 0 Å². The van der Waals surface area contributed by atoms with Crippen molar-refractivity contribution in [1.82, 2.24) is 5.32 Å². The molecule has 1 amide bonds. The molecule has 0 aliphatic carbocycles. The fraction of sp³-hybridized carbons (Fsp3) is 0.979. The molecule has 14 nitrogen and oxygen atoms in total.